The zero-order chi connectivity index (χ0) is 86.2. The number of benzene rings is 6. The van der Waals surface area contributed by atoms with Gasteiger partial charge in [-0.25, -0.2) is 68.5 Å². The number of halogens is 3. The number of nitrogens with one attached hydrogen (secondary N) is 9. The van der Waals surface area contributed by atoms with E-state index in [0.29, 0.717) is 50.4 Å². The molecule has 9 heterocycles. The quantitative estimate of drug-likeness (QED) is 0.0170. The number of rotatable bonds is 27. The summed E-state index contributed by atoms with van der Waals surface area (Å²) in [5.74, 6) is -2.37. The van der Waals surface area contributed by atoms with Crippen LogP contribution >= 0.6 is 68.8 Å². The summed E-state index contributed by atoms with van der Waals surface area (Å²) in [4.78, 5) is 126. The average molecular weight is 1840 g/mol. The molecule has 3 aromatic heterocycles. The van der Waals surface area contributed by atoms with Crippen LogP contribution in [0.1, 0.15) is 99.1 Å². The number of imide groups is 3. The van der Waals surface area contributed by atoms with Crippen molar-refractivity contribution in [2.45, 2.75) is 83.3 Å². The molecule has 642 valence electrons. The molecule has 31 nitrogen and oxygen atoms in total. The number of fused-ring (bicyclic) bond motifs is 3. The number of sulfonamides is 3. The Hall–Kier alpha value is -10.4. The molecule has 9 N–H and O–H groups in total. The number of ether oxygens (including phenoxy) is 1. The molecule has 0 saturated carbocycles. The van der Waals surface area contributed by atoms with E-state index in [1.165, 1.54) is 167 Å². The SMILES string of the molecule is O=C(Nc1ccc(N2C(=O)Cc3cc(NCCCN4CCCC4)ccc3C2=O)cc1)NS(=O)(=O)c1ccc(Cl)s1.O=C(Nc1ccc(N2C(=O)Cc3cc(NCCCN4CCCCC4)ccc3C2=O)cc1)NS(=O)(=O)c1ccc(Cl)s1.O=C(Nc1ccc(N2C(=O)Cc3cc(NCCCN4CCOCC4)ccc3C2=O)cc1)NS(=O)(=O)c1ccc(Cl)s1. The Balaban J connectivity index is 0.000000158. The van der Waals surface area contributed by atoms with Crippen LogP contribution in [0.15, 0.2) is 176 Å². The first-order valence-corrected chi connectivity index (χ1v) is 47.2. The zero-order valence-corrected chi connectivity index (χ0v) is 72.7. The minimum atomic E-state index is -4.08. The predicted molar refractivity (Wildman–Crippen MR) is 474 cm³/mol. The monoisotopic (exact) mass is 1830 g/mol. The van der Waals surface area contributed by atoms with Gasteiger partial charge in [0.05, 0.1) is 62.5 Å². The summed E-state index contributed by atoms with van der Waals surface area (Å²) in [5.41, 5.74) is 7.87. The first-order valence-electron chi connectivity index (χ1n) is 39.1. The molecule has 0 aliphatic carbocycles. The Labute approximate surface area is 731 Å². The summed E-state index contributed by atoms with van der Waals surface area (Å²) >= 11 is 19.8. The van der Waals surface area contributed by atoms with Gasteiger partial charge in [-0.15, -0.1) is 34.0 Å². The maximum absolute atomic E-state index is 13.3. The molecule has 3 fully saturated rings. The van der Waals surface area contributed by atoms with Crippen LogP contribution in [0.4, 0.5) is 65.6 Å². The third-order valence-electron chi connectivity index (χ3n) is 20.4. The van der Waals surface area contributed by atoms with Crippen LogP contribution in [-0.4, -0.2) is 185 Å². The van der Waals surface area contributed by atoms with Gasteiger partial charge in [-0.2, -0.15) is 0 Å². The minimum absolute atomic E-state index is 0.0668. The lowest BCUT2D eigenvalue weighted by molar-refractivity contribution is -0.118. The van der Waals surface area contributed by atoms with Crippen molar-refractivity contribution in [2.75, 3.05) is 138 Å². The van der Waals surface area contributed by atoms with Crippen molar-refractivity contribution >= 4 is 204 Å². The zero-order valence-electron chi connectivity index (χ0n) is 65.6. The number of anilines is 9. The lowest BCUT2D eigenvalue weighted by atomic mass is 9.97. The van der Waals surface area contributed by atoms with Crippen molar-refractivity contribution in [1.29, 1.82) is 0 Å². The Morgan fingerprint density at radius 3 is 0.893 bits per heavy atom. The second-order valence-electron chi connectivity index (χ2n) is 29.0. The van der Waals surface area contributed by atoms with E-state index >= 15 is 0 Å². The highest BCUT2D eigenvalue weighted by molar-refractivity contribution is 7.93. The smallest absolute Gasteiger partial charge is 0.333 e. The van der Waals surface area contributed by atoms with Crippen molar-refractivity contribution in [2.24, 2.45) is 0 Å². The highest BCUT2D eigenvalue weighted by Crippen LogP contribution is 2.35. The van der Waals surface area contributed by atoms with Gasteiger partial charge < -0.3 is 46.4 Å². The topological polar surface area (TPSA) is 393 Å². The fourth-order valence-electron chi connectivity index (χ4n) is 14.4. The van der Waals surface area contributed by atoms with Crippen LogP contribution in [0.3, 0.4) is 0 Å². The fourth-order valence-corrected chi connectivity index (χ4v) is 21.6. The van der Waals surface area contributed by atoms with Crippen molar-refractivity contribution in [3.8, 4) is 0 Å². The summed E-state index contributed by atoms with van der Waals surface area (Å²) in [6.45, 7) is 13.6. The maximum Gasteiger partial charge on any atom is 0.333 e. The summed E-state index contributed by atoms with van der Waals surface area (Å²) < 4.78 is 85.6. The van der Waals surface area contributed by atoms with Gasteiger partial charge in [-0.05, 0) is 271 Å². The highest BCUT2D eigenvalue weighted by atomic mass is 35.5. The van der Waals surface area contributed by atoms with Crippen molar-refractivity contribution in [1.82, 2.24) is 28.9 Å². The maximum atomic E-state index is 13.3. The Bertz CT molecular complexity index is 5510. The third kappa shape index (κ3) is 23.5. The summed E-state index contributed by atoms with van der Waals surface area (Å²) in [6, 6.07) is 39.6. The number of thiophene rings is 3. The number of hydrogen-bond donors (Lipinski definition) is 9. The molecule has 12 amide bonds. The average Bonchev–Trinajstić information content (AvgIpc) is 1.08. The van der Waals surface area contributed by atoms with Crippen LogP contribution in [0, 0.1) is 0 Å². The number of carbonyl (C=O) groups excluding carboxylic acids is 9. The second kappa shape index (κ2) is 40.7. The van der Waals surface area contributed by atoms with Gasteiger partial charge in [0.15, 0.2) is 0 Å². The van der Waals surface area contributed by atoms with E-state index in [4.69, 9.17) is 39.5 Å². The van der Waals surface area contributed by atoms with E-state index < -0.39 is 65.9 Å². The standard InChI is InChI=1S/C28H30ClN5O5S2.C27H28ClN5O6S2.C27H28ClN5O5S2/c29-24-11-12-26(40-24)41(38,39)32-28(37)31-20-5-8-22(9-6-20)34-25(35)18-19-17-21(7-10-23(19)27(34)36)30-13-4-16-33-14-2-1-3-15-33;28-23-8-9-25(40-23)41(37,38)31-27(36)30-19-2-5-21(6-3-19)33-24(34)17-18-16-20(4-7-22(18)26(33)35)29-10-1-11-32-12-14-39-15-13-32;28-23-10-11-25(39-23)40(37,38)31-27(36)30-19-4-7-21(8-5-19)33-24(34)17-18-16-20(6-9-22(18)26(33)35)29-12-3-15-32-13-1-2-14-32/h5-12,17,30H,1-4,13-16,18H2,(H2,31,32,37);2-9,16,29H,1,10-15,17H2,(H2,30,31,36);4-11,16,29H,1-3,12-15,17H2,(H2,30,31,36). The van der Waals surface area contributed by atoms with Crippen molar-refractivity contribution in [3.63, 3.8) is 0 Å². The van der Waals surface area contributed by atoms with Gasteiger partial charge in [0.1, 0.15) is 12.6 Å². The predicted octanol–water partition coefficient (Wildman–Crippen LogP) is 13.2. The number of nitrogens with zero attached hydrogens (tertiary/aromatic N) is 6. The number of urea groups is 3. The number of piperidine rings is 1. The molecule has 40 heteroatoms. The highest BCUT2D eigenvalue weighted by Gasteiger charge is 2.36. The van der Waals surface area contributed by atoms with Gasteiger partial charge in [0, 0.05) is 83.5 Å². The van der Waals surface area contributed by atoms with Gasteiger partial charge in [0.2, 0.25) is 17.7 Å². The van der Waals surface area contributed by atoms with Gasteiger partial charge in [-0.3, -0.25) is 33.7 Å². The van der Waals surface area contributed by atoms with E-state index in [-0.39, 0.29) is 79.7 Å². The molecule has 9 aromatic rings. The number of hydrogen-bond acceptors (Lipinski definition) is 25. The number of morpholine rings is 1. The number of carbonyl (C=O) groups is 9. The van der Waals surface area contributed by atoms with E-state index in [1.807, 2.05) is 50.6 Å². The molecule has 0 unspecified atom stereocenters. The van der Waals surface area contributed by atoms with Crippen LogP contribution in [0.2, 0.25) is 13.0 Å². The molecule has 0 spiro atoms. The molecular formula is C82H86Cl3N15O16S6. The molecule has 3 saturated heterocycles. The van der Waals surface area contributed by atoms with Gasteiger partial charge >= 0.3 is 18.1 Å². The van der Waals surface area contributed by atoms with Crippen LogP contribution < -0.4 is 60.8 Å². The summed E-state index contributed by atoms with van der Waals surface area (Å²) in [6.07, 6.45) is 9.65. The largest absolute Gasteiger partial charge is 0.385 e. The van der Waals surface area contributed by atoms with E-state index in [0.717, 1.165) is 151 Å². The van der Waals surface area contributed by atoms with Crippen LogP contribution in [0.5, 0.6) is 0 Å². The van der Waals surface area contributed by atoms with E-state index in [2.05, 4.69) is 46.6 Å². The Kier molecular flexibility index (Phi) is 29.8. The molecule has 0 bridgehead atoms. The third-order valence-corrected chi connectivity index (χ3v) is 29.5. The van der Waals surface area contributed by atoms with Crippen LogP contribution in [0.25, 0.3) is 0 Å². The van der Waals surface area contributed by atoms with Gasteiger partial charge in [-0.1, -0.05) is 41.2 Å². The Morgan fingerprint density at radius 1 is 0.344 bits per heavy atom. The normalized spacial score (nSPS) is 15.8. The van der Waals surface area contributed by atoms with E-state index in [1.54, 1.807) is 18.2 Å². The summed E-state index contributed by atoms with van der Waals surface area (Å²) in [7, 11) is -12.2. The second-order valence-corrected chi connectivity index (χ2v) is 39.9. The molecular weight excluding hydrogens is 1750 g/mol. The first-order chi connectivity index (χ1) is 58.6. The molecule has 6 aromatic carbocycles. The van der Waals surface area contributed by atoms with Crippen molar-refractivity contribution in [3.05, 3.63) is 210 Å². The van der Waals surface area contributed by atoms with Crippen LogP contribution in [-0.2, 0) is 68.5 Å². The molecule has 6 aliphatic rings. The number of likely N-dealkylation sites (tertiary alicyclic amines) is 2. The Morgan fingerprint density at radius 2 is 0.615 bits per heavy atom. The molecule has 6 aliphatic heterocycles. The summed E-state index contributed by atoms with van der Waals surface area (Å²) in [5, 5.41) is 17.5. The first kappa shape index (κ1) is 89.4. The minimum Gasteiger partial charge on any atom is -0.385 e. The van der Waals surface area contributed by atoms with Crippen molar-refractivity contribution < 1.29 is 73.1 Å². The molecule has 122 heavy (non-hydrogen) atoms. The molecule has 15 rings (SSSR count). The van der Waals surface area contributed by atoms with E-state index in [9.17, 15) is 68.4 Å². The lowest BCUT2D eigenvalue weighted by Gasteiger charge is -2.27. The van der Waals surface area contributed by atoms with Gasteiger partial charge in [0.25, 0.3) is 47.8 Å². The lowest BCUT2D eigenvalue weighted by Crippen LogP contribution is -2.42. The fraction of sp³-hybridized carbons (Fsp3) is 0.305. The number of amides is 12. The molecule has 0 radical (unpaired) electrons. The molecule has 0 atom stereocenters.